The molecule has 13 heavy (non-hydrogen) atoms. The maximum Gasteiger partial charge on any atom is 0.156 e. The summed E-state index contributed by atoms with van der Waals surface area (Å²) in [7, 11) is 1.70. The first-order chi connectivity index (χ1) is 6.29. The molecule has 0 saturated heterocycles. The summed E-state index contributed by atoms with van der Waals surface area (Å²) >= 11 is 0. The number of hydrogen-bond acceptors (Lipinski definition) is 1. The molecule has 0 fully saturated rings. The molecular formula is C10H13N3. The van der Waals surface area contributed by atoms with E-state index in [1.807, 2.05) is 31.2 Å². The summed E-state index contributed by atoms with van der Waals surface area (Å²) in [6, 6.07) is 7.94. The number of amidine groups is 1. The summed E-state index contributed by atoms with van der Waals surface area (Å²) in [4.78, 5) is 8.02. The highest BCUT2D eigenvalue weighted by molar-refractivity contribution is 6.03. The Hall–Kier alpha value is -1.64. The van der Waals surface area contributed by atoms with Crippen molar-refractivity contribution in [1.82, 2.24) is 0 Å². The predicted molar refractivity (Wildman–Crippen MR) is 56.3 cm³/mol. The molecule has 0 aromatic heterocycles. The molecule has 0 amide bonds. The van der Waals surface area contributed by atoms with Crippen LogP contribution in [-0.2, 0) is 0 Å². The Morgan fingerprint density at radius 1 is 1.38 bits per heavy atom. The Balaban J connectivity index is 3.13. The molecular weight excluding hydrogens is 162 g/mol. The average molecular weight is 175 g/mol. The van der Waals surface area contributed by atoms with Crippen molar-refractivity contribution in [3.63, 3.8) is 0 Å². The lowest BCUT2D eigenvalue weighted by molar-refractivity contribution is 1.35. The van der Waals surface area contributed by atoms with E-state index in [9.17, 15) is 0 Å². The van der Waals surface area contributed by atoms with Gasteiger partial charge in [-0.15, -0.1) is 0 Å². The van der Waals surface area contributed by atoms with E-state index >= 15 is 0 Å². The molecule has 1 aromatic carbocycles. The van der Waals surface area contributed by atoms with Gasteiger partial charge in [0.15, 0.2) is 5.84 Å². The lowest BCUT2D eigenvalue weighted by atomic mass is 10.1. The zero-order valence-corrected chi connectivity index (χ0v) is 7.86. The summed E-state index contributed by atoms with van der Waals surface area (Å²) < 4.78 is 0. The predicted octanol–water partition coefficient (Wildman–Crippen LogP) is 1.36. The van der Waals surface area contributed by atoms with E-state index in [-0.39, 0.29) is 0 Å². The third-order valence-electron chi connectivity index (χ3n) is 1.79. The van der Waals surface area contributed by atoms with Gasteiger partial charge in [-0.3, -0.25) is 4.99 Å². The number of aliphatic imine (C=N–C) groups is 2. The molecule has 0 bridgehead atoms. The highest BCUT2D eigenvalue weighted by Crippen LogP contribution is 2.08. The molecule has 1 rings (SSSR count). The minimum atomic E-state index is 0.667. The van der Waals surface area contributed by atoms with Crippen LogP contribution in [0.4, 0.5) is 0 Å². The third-order valence-corrected chi connectivity index (χ3v) is 1.79. The number of hydrogen-bond donors (Lipinski definition) is 1. The number of nitrogens with two attached hydrogens (primary N) is 1. The highest BCUT2D eigenvalue weighted by atomic mass is 14.9. The fourth-order valence-electron chi connectivity index (χ4n) is 1.14. The van der Waals surface area contributed by atoms with Gasteiger partial charge in [-0.2, -0.15) is 0 Å². The van der Waals surface area contributed by atoms with Gasteiger partial charge in [-0.25, -0.2) is 4.99 Å². The van der Waals surface area contributed by atoms with Crippen molar-refractivity contribution in [3.05, 3.63) is 35.4 Å². The van der Waals surface area contributed by atoms with Crippen LogP contribution in [0.3, 0.4) is 0 Å². The largest absolute Gasteiger partial charge is 0.390 e. The third kappa shape index (κ3) is 2.15. The maximum absolute atomic E-state index is 5.22. The molecule has 0 radical (unpaired) electrons. The first-order valence-corrected chi connectivity index (χ1v) is 4.06. The van der Waals surface area contributed by atoms with Crippen molar-refractivity contribution < 1.29 is 0 Å². The average Bonchev–Trinajstić information content (AvgIpc) is 2.16. The molecule has 0 saturated carbocycles. The first kappa shape index (κ1) is 9.45. The normalized spacial score (nSPS) is 12.3. The molecule has 3 nitrogen and oxygen atoms in total. The van der Waals surface area contributed by atoms with E-state index < -0.39 is 0 Å². The topological polar surface area (TPSA) is 50.7 Å². The molecule has 0 aliphatic rings. The first-order valence-electron chi connectivity index (χ1n) is 4.06. The van der Waals surface area contributed by atoms with Gasteiger partial charge in [0, 0.05) is 12.6 Å². The van der Waals surface area contributed by atoms with E-state index in [1.165, 1.54) is 6.34 Å². The van der Waals surface area contributed by atoms with Crippen molar-refractivity contribution >= 4 is 12.2 Å². The zero-order chi connectivity index (χ0) is 9.68. The van der Waals surface area contributed by atoms with E-state index in [2.05, 4.69) is 9.98 Å². The van der Waals surface area contributed by atoms with Crippen LogP contribution < -0.4 is 5.73 Å². The number of rotatable bonds is 1. The molecule has 68 valence electrons. The van der Waals surface area contributed by atoms with Crippen LogP contribution in [0.2, 0.25) is 0 Å². The van der Waals surface area contributed by atoms with Crippen LogP contribution in [-0.4, -0.2) is 19.2 Å². The Kier molecular flexibility index (Phi) is 3.20. The SMILES string of the molecule is CN=C(N=CN)c1ccccc1C. The molecule has 0 aliphatic heterocycles. The van der Waals surface area contributed by atoms with Crippen LogP contribution in [0.15, 0.2) is 34.3 Å². The summed E-state index contributed by atoms with van der Waals surface area (Å²) in [5.74, 6) is 0.667. The lowest BCUT2D eigenvalue weighted by Crippen LogP contribution is -2.02. The van der Waals surface area contributed by atoms with Gasteiger partial charge in [0.1, 0.15) is 0 Å². The van der Waals surface area contributed by atoms with Gasteiger partial charge in [0.05, 0.1) is 6.34 Å². The minimum Gasteiger partial charge on any atom is -0.390 e. The quantitative estimate of drug-likeness (QED) is 0.508. The minimum absolute atomic E-state index is 0.667. The van der Waals surface area contributed by atoms with Crippen LogP contribution >= 0.6 is 0 Å². The highest BCUT2D eigenvalue weighted by Gasteiger charge is 2.01. The monoisotopic (exact) mass is 175 g/mol. The van der Waals surface area contributed by atoms with Gasteiger partial charge in [-0.05, 0) is 12.5 Å². The second-order valence-electron chi connectivity index (χ2n) is 2.64. The number of aryl methyl sites for hydroxylation is 1. The van der Waals surface area contributed by atoms with Crippen molar-refractivity contribution in [2.24, 2.45) is 15.7 Å². The van der Waals surface area contributed by atoms with Crippen LogP contribution in [0, 0.1) is 6.92 Å². The summed E-state index contributed by atoms with van der Waals surface area (Å²) in [5, 5.41) is 0. The molecule has 0 heterocycles. The zero-order valence-electron chi connectivity index (χ0n) is 7.86. The van der Waals surface area contributed by atoms with Crippen molar-refractivity contribution in [2.45, 2.75) is 6.92 Å². The van der Waals surface area contributed by atoms with Gasteiger partial charge < -0.3 is 5.73 Å². The lowest BCUT2D eigenvalue weighted by Gasteiger charge is -2.02. The second-order valence-corrected chi connectivity index (χ2v) is 2.64. The standard InChI is InChI=1S/C10H13N3/c1-8-5-3-4-6-9(8)10(12-2)13-7-11/h3-7H,1-2H3,(H2,11,12,13). The number of benzene rings is 1. The van der Waals surface area contributed by atoms with Gasteiger partial charge >= 0.3 is 0 Å². The van der Waals surface area contributed by atoms with Crippen LogP contribution in [0.25, 0.3) is 0 Å². The Bertz CT molecular complexity index is 340. The summed E-state index contributed by atoms with van der Waals surface area (Å²) in [6.07, 6.45) is 1.26. The molecule has 1 aromatic rings. The van der Waals surface area contributed by atoms with Gasteiger partial charge in [0.25, 0.3) is 0 Å². The maximum atomic E-state index is 5.22. The van der Waals surface area contributed by atoms with Gasteiger partial charge in [0.2, 0.25) is 0 Å². The molecule has 0 aliphatic carbocycles. The number of nitrogens with zero attached hydrogens (tertiary/aromatic N) is 2. The smallest absolute Gasteiger partial charge is 0.156 e. The second kappa shape index (κ2) is 4.40. The van der Waals surface area contributed by atoms with E-state index in [0.29, 0.717) is 5.84 Å². The summed E-state index contributed by atoms with van der Waals surface area (Å²) in [6.45, 7) is 2.02. The van der Waals surface area contributed by atoms with Crippen molar-refractivity contribution in [1.29, 1.82) is 0 Å². The van der Waals surface area contributed by atoms with Gasteiger partial charge in [-0.1, -0.05) is 24.3 Å². The van der Waals surface area contributed by atoms with Crippen LogP contribution in [0.5, 0.6) is 0 Å². The molecule has 0 spiro atoms. The fraction of sp³-hybridized carbons (Fsp3) is 0.200. The Morgan fingerprint density at radius 2 is 2.08 bits per heavy atom. The Morgan fingerprint density at radius 3 is 2.62 bits per heavy atom. The molecule has 3 heteroatoms. The van der Waals surface area contributed by atoms with E-state index in [4.69, 9.17) is 5.73 Å². The fourth-order valence-corrected chi connectivity index (χ4v) is 1.14. The van der Waals surface area contributed by atoms with E-state index in [0.717, 1.165) is 11.1 Å². The Labute approximate surface area is 78.0 Å². The summed E-state index contributed by atoms with van der Waals surface area (Å²) in [5.41, 5.74) is 7.39. The molecule has 2 N–H and O–H groups in total. The van der Waals surface area contributed by atoms with E-state index in [1.54, 1.807) is 7.05 Å². The molecule has 0 unspecified atom stereocenters. The van der Waals surface area contributed by atoms with Crippen molar-refractivity contribution in [3.8, 4) is 0 Å². The van der Waals surface area contributed by atoms with Crippen LogP contribution in [0.1, 0.15) is 11.1 Å². The van der Waals surface area contributed by atoms with Crippen molar-refractivity contribution in [2.75, 3.05) is 7.05 Å². The molecule has 0 atom stereocenters.